The molecule has 144 valence electrons. The smallest absolute Gasteiger partial charge is 0.269 e. The van der Waals surface area contributed by atoms with Crippen LogP contribution < -0.4 is 14.2 Å². The molecule has 28 heavy (non-hydrogen) atoms. The van der Waals surface area contributed by atoms with Gasteiger partial charge in [0.2, 0.25) is 0 Å². The lowest BCUT2D eigenvalue weighted by Gasteiger charge is -2.24. The number of nitro benzene ring substituents is 1. The van der Waals surface area contributed by atoms with Gasteiger partial charge in [-0.25, -0.2) is 0 Å². The lowest BCUT2D eigenvalue weighted by molar-refractivity contribution is -0.384. The third kappa shape index (κ3) is 3.76. The highest BCUT2D eigenvalue weighted by Crippen LogP contribution is 2.45. The Balaban J connectivity index is 2.25. The molecule has 0 aliphatic carbocycles. The predicted molar refractivity (Wildman–Crippen MR) is 107 cm³/mol. The first kappa shape index (κ1) is 19.2. The van der Waals surface area contributed by atoms with Gasteiger partial charge in [-0.3, -0.25) is 10.1 Å². The molecule has 0 N–H and O–H groups in total. The normalized spacial score (nSPS) is 11.5. The van der Waals surface area contributed by atoms with Crippen molar-refractivity contribution in [3.8, 4) is 17.2 Å². The van der Waals surface area contributed by atoms with Crippen LogP contribution in [-0.4, -0.2) is 26.3 Å². The van der Waals surface area contributed by atoms with Crippen molar-refractivity contribution in [2.45, 2.75) is 5.92 Å². The van der Waals surface area contributed by atoms with Gasteiger partial charge in [0.15, 0.2) is 0 Å². The lowest BCUT2D eigenvalue weighted by atomic mass is 9.84. The van der Waals surface area contributed by atoms with E-state index in [1.165, 1.54) is 12.1 Å². The third-order valence-electron chi connectivity index (χ3n) is 4.61. The maximum Gasteiger partial charge on any atom is 0.269 e. The van der Waals surface area contributed by atoms with E-state index >= 15 is 0 Å². The second-order valence-electron chi connectivity index (χ2n) is 6.14. The molecule has 1 atom stereocenters. The number of hydrogen-bond donors (Lipinski definition) is 0. The fourth-order valence-electron chi connectivity index (χ4n) is 3.28. The average Bonchev–Trinajstić information content (AvgIpc) is 2.74. The molecule has 3 aromatic carbocycles. The molecule has 0 saturated carbocycles. The fraction of sp³-hybridized carbons (Fsp3) is 0.182. The van der Waals surface area contributed by atoms with Crippen LogP contribution in [-0.2, 0) is 0 Å². The summed E-state index contributed by atoms with van der Waals surface area (Å²) in [6.45, 7) is 0. The van der Waals surface area contributed by atoms with Crippen molar-refractivity contribution >= 4 is 5.69 Å². The van der Waals surface area contributed by atoms with Crippen molar-refractivity contribution < 1.29 is 19.1 Å². The van der Waals surface area contributed by atoms with E-state index in [1.54, 1.807) is 45.6 Å². The van der Waals surface area contributed by atoms with Crippen LogP contribution in [0.15, 0.2) is 66.7 Å². The summed E-state index contributed by atoms with van der Waals surface area (Å²) in [5.74, 6) is 1.61. The van der Waals surface area contributed by atoms with E-state index in [1.807, 2.05) is 30.3 Å². The average molecular weight is 379 g/mol. The minimum atomic E-state index is -0.407. The Bertz CT molecular complexity index is 929. The van der Waals surface area contributed by atoms with Crippen LogP contribution in [0, 0.1) is 10.1 Å². The Labute approximate surface area is 163 Å². The van der Waals surface area contributed by atoms with Gasteiger partial charge in [0, 0.05) is 35.7 Å². The highest BCUT2D eigenvalue weighted by molar-refractivity contribution is 5.59. The maximum absolute atomic E-state index is 11.0. The van der Waals surface area contributed by atoms with E-state index in [0.29, 0.717) is 17.2 Å². The molecule has 6 heteroatoms. The summed E-state index contributed by atoms with van der Waals surface area (Å²) in [6.07, 6.45) is 0. The summed E-state index contributed by atoms with van der Waals surface area (Å²) in [4.78, 5) is 10.6. The summed E-state index contributed by atoms with van der Waals surface area (Å²) >= 11 is 0. The van der Waals surface area contributed by atoms with Gasteiger partial charge in [0.25, 0.3) is 5.69 Å². The first-order valence-corrected chi connectivity index (χ1v) is 8.68. The quantitative estimate of drug-likeness (QED) is 0.335. The topological polar surface area (TPSA) is 70.8 Å². The zero-order valence-corrected chi connectivity index (χ0v) is 15.9. The van der Waals surface area contributed by atoms with Crippen LogP contribution in [0.2, 0.25) is 0 Å². The Hall–Kier alpha value is -3.54. The van der Waals surface area contributed by atoms with Crippen molar-refractivity contribution in [1.29, 1.82) is 0 Å². The maximum atomic E-state index is 11.0. The Morgan fingerprint density at radius 1 is 0.786 bits per heavy atom. The van der Waals surface area contributed by atoms with Crippen LogP contribution in [0.5, 0.6) is 17.2 Å². The zero-order valence-electron chi connectivity index (χ0n) is 15.9. The fourth-order valence-corrected chi connectivity index (χ4v) is 3.28. The van der Waals surface area contributed by atoms with Gasteiger partial charge in [-0.15, -0.1) is 0 Å². The number of benzene rings is 3. The van der Waals surface area contributed by atoms with Gasteiger partial charge < -0.3 is 14.2 Å². The Morgan fingerprint density at radius 2 is 1.32 bits per heavy atom. The van der Waals surface area contributed by atoms with Gasteiger partial charge in [-0.1, -0.05) is 42.5 Å². The SMILES string of the molecule is COc1cc(OC)c(C(c2ccccc2)c2ccc([N+](=O)[O-])cc2)c(OC)c1. The monoisotopic (exact) mass is 379 g/mol. The Morgan fingerprint density at radius 3 is 1.79 bits per heavy atom. The molecular weight excluding hydrogens is 358 g/mol. The number of ether oxygens (including phenoxy) is 3. The minimum absolute atomic E-state index is 0.0456. The van der Waals surface area contributed by atoms with Gasteiger partial charge in [0.1, 0.15) is 17.2 Å². The molecular formula is C22H21NO5. The van der Waals surface area contributed by atoms with Crippen LogP contribution in [0.25, 0.3) is 0 Å². The molecule has 0 aromatic heterocycles. The molecule has 0 spiro atoms. The van der Waals surface area contributed by atoms with Crippen molar-refractivity contribution in [3.63, 3.8) is 0 Å². The molecule has 0 aliphatic heterocycles. The van der Waals surface area contributed by atoms with Crippen molar-refractivity contribution in [1.82, 2.24) is 0 Å². The molecule has 0 amide bonds. The van der Waals surface area contributed by atoms with E-state index in [9.17, 15) is 10.1 Å². The van der Waals surface area contributed by atoms with Crippen LogP contribution in [0.4, 0.5) is 5.69 Å². The van der Waals surface area contributed by atoms with E-state index in [-0.39, 0.29) is 11.6 Å². The summed E-state index contributed by atoms with van der Waals surface area (Å²) < 4.78 is 16.6. The van der Waals surface area contributed by atoms with Crippen LogP contribution in [0.1, 0.15) is 22.6 Å². The largest absolute Gasteiger partial charge is 0.496 e. The first-order valence-electron chi connectivity index (χ1n) is 8.68. The third-order valence-corrected chi connectivity index (χ3v) is 4.61. The van der Waals surface area contributed by atoms with Crippen molar-refractivity contribution in [2.24, 2.45) is 0 Å². The Kier molecular flexibility index (Phi) is 5.79. The van der Waals surface area contributed by atoms with Crippen LogP contribution >= 0.6 is 0 Å². The molecule has 3 aromatic rings. The number of non-ortho nitro benzene ring substituents is 1. The molecule has 0 bridgehead atoms. The summed E-state index contributed by atoms with van der Waals surface area (Å²) in [7, 11) is 4.77. The summed E-state index contributed by atoms with van der Waals surface area (Å²) in [5.41, 5.74) is 2.77. The van der Waals surface area contributed by atoms with Crippen molar-refractivity contribution in [2.75, 3.05) is 21.3 Å². The van der Waals surface area contributed by atoms with Gasteiger partial charge in [-0.2, -0.15) is 0 Å². The minimum Gasteiger partial charge on any atom is -0.496 e. The summed E-state index contributed by atoms with van der Waals surface area (Å²) in [6, 6.07) is 20.0. The lowest BCUT2D eigenvalue weighted by Crippen LogP contribution is -2.08. The molecule has 3 rings (SSSR count). The van der Waals surface area contributed by atoms with Gasteiger partial charge in [-0.05, 0) is 11.1 Å². The van der Waals surface area contributed by atoms with E-state index in [4.69, 9.17) is 14.2 Å². The second kappa shape index (κ2) is 8.43. The van der Waals surface area contributed by atoms with Gasteiger partial charge >= 0.3 is 0 Å². The molecule has 6 nitrogen and oxygen atoms in total. The molecule has 0 heterocycles. The van der Waals surface area contributed by atoms with E-state index < -0.39 is 4.92 Å². The first-order chi connectivity index (χ1) is 13.6. The van der Waals surface area contributed by atoms with Crippen LogP contribution in [0.3, 0.4) is 0 Å². The zero-order chi connectivity index (χ0) is 20.1. The number of nitro groups is 1. The van der Waals surface area contributed by atoms with Gasteiger partial charge in [0.05, 0.1) is 26.3 Å². The molecule has 0 saturated heterocycles. The summed E-state index contributed by atoms with van der Waals surface area (Å²) in [5, 5.41) is 11.0. The molecule has 0 aliphatic rings. The molecule has 0 fully saturated rings. The van der Waals surface area contributed by atoms with Crippen molar-refractivity contribution in [3.05, 3.63) is 93.5 Å². The number of rotatable bonds is 7. The second-order valence-corrected chi connectivity index (χ2v) is 6.14. The molecule has 1 unspecified atom stereocenters. The highest BCUT2D eigenvalue weighted by Gasteiger charge is 2.26. The standard InChI is InChI=1S/C22H21NO5/c1-26-18-13-19(27-2)22(20(14-18)28-3)21(15-7-5-4-6-8-15)16-9-11-17(12-10-16)23(24)25/h4-14,21H,1-3H3. The molecule has 0 radical (unpaired) electrons. The van der Waals surface area contributed by atoms with E-state index in [0.717, 1.165) is 16.7 Å². The predicted octanol–water partition coefficient (Wildman–Crippen LogP) is 4.80. The number of nitrogens with zero attached hydrogens (tertiary/aromatic N) is 1. The number of methoxy groups -OCH3 is 3. The highest BCUT2D eigenvalue weighted by atomic mass is 16.6. The van der Waals surface area contributed by atoms with E-state index in [2.05, 4.69) is 0 Å². The number of hydrogen-bond acceptors (Lipinski definition) is 5.